The van der Waals surface area contributed by atoms with E-state index in [1.807, 2.05) is 29.6 Å². The molecule has 9 heteroatoms. The summed E-state index contributed by atoms with van der Waals surface area (Å²) in [4.78, 5) is 15.6. The predicted octanol–water partition coefficient (Wildman–Crippen LogP) is 5.08. The van der Waals surface area contributed by atoms with Gasteiger partial charge in [-0.05, 0) is 54.6 Å². The molecular weight excluding hydrogens is 413 g/mol. The van der Waals surface area contributed by atoms with Gasteiger partial charge in [0.2, 0.25) is 5.91 Å². The van der Waals surface area contributed by atoms with Crippen LogP contribution in [0.4, 0.5) is 24.7 Å². The quantitative estimate of drug-likeness (QED) is 0.625. The molecular formula is C21H19F3N4OS. The molecule has 3 heterocycles. The molecule has 0 atom stereocenters. The highest BCUT2D eigenvalue weighted by atomic mass is 32.1. The summed E-state index contributed by atoms with van der Waals surface area (Å²) < 4.78 is 38.5. The van der Waals surface area contributed by atoms with E-state index in [4.69, 9.17) is 0 Å². The number of carbonyl (C=O) groups is 1. The van der Waals surface area contributed by atoms with Crippen LogP contribution in [0.5, 0.6) is 0 Å². The van der Waals surface area contributed by atoms with Crippen LogP contribution in [0.2, 0.25) is 0 Å². The number of rotatable bonds is 4. The molecule has 5 nitrogen and oxygen atoms in total. The Morgan fingerprint density at radius 3 is 2.50 bits per heavy atom. The van der Waals surface area contributed by atoms with Gasteiger partial charge < -0.3 is 10.2 Å². The zero-order chi connectivity index (χ0) is 21.1. The van der Waals surface area contributed by atoms with Crippen molar-refractivity contribution in [2.45, 2.75) is 19.0 Å². The summed E-state index contributed by atoms with van der Waals surface area (Å²) in [7, 11) is 0. The Bertz CT molecular complexity index is 998. The van der Waals surface area contributed by atoms with Gasteiger partial charge in [-0.1, -0.05) is 12.1 Å². The number of alkyl halides is 3. The zero-order valence-electron chi connectivity index (χ0n) is 15.9. The third-order valence-corrected chi connectivity index (χ3v) is 5.96. The van der Waals surface area contributed by atoms with Crippen LogP contribution in [-0.4, -0.2) is 29.2 Å². The number of benzene rings is 1. The minimum absolute atomic E-state index is 0.160. The number of halogens is 3. The second-order valence-corrected chi connectivity index (χ2v) is 8.03. The standard InChI is InChI=1S/C21H19F3N4OS/c22-21(23,24)15-3-1-4-16(13-15)25-20(29)14-8-10-28(11-9-14)19-7-6-17(26-27-19)18-5-2-12-30-18/h1-7,12-14H,8-11H2,(H,25,29). The van der Waals surface area contributed by atoms with Crippen LogP contribution in [0.1, 0.15) is 18.4 Å². The molecule has 1 fully saturated rings. The first-order chi connectivity index (χ1) is 14.4. The van der Waals surface area contributed by atoms with Crippen molar-refractivity contribution in [3.63, 3.8) is 0 Å². The van der Waals surface area contributed by atoms with Gasteiger partial charge in [-0.2, -0.15) is 13.2 Å². The molecule has 1 aromatic carbocycles. The third kappa shape index (κ3) is 4.62. The van der Waals surface area contributed by atoms with Crippen LogP contribution < -0.4 is 10.2 Å². The molecule has 4 rings (SSSR count). The van der Waals surface area contributed by atoms with Crippen molar-refractivity contribution in [3.8, 4) is 10.6 Å². The van der Waals surface area contributed by atoms with Crippen LogP contribution in [-0.2, 0) is 11.0 Å². The number of carbonyl (C=O) groups excluding carboxylic acids is 1. The summed E-state index contributed by atoms with van der Waals surface area (Å²) in [5.74, 6) is 0.245. The van der Waals surface area contributed by atoms with E-state index in [0.29, 0.717) is 25.9 Å². The number of hydrogen-bond acceptors (Lipinski definition) is 5. The molecule has 1 aliphatic rings. The molecule has 0 bridgehead atoms. The Kier molecular flexibility index (Phi) is 5.72. The number of piperidine rings is 1. The first-order valence-electron chi connectivity index (χ1n) is 9.51. The van der Waals surface area contributed by atoms with Gasteiger partial charge in [0.25, 0.3) is 0 Å². The van der Waals surface area contributed by atoms with E-state index in [1.165, 1.54) is 12.1 Å². The molecule has 1 amide bonds. The molecule has 1 N–H and O–H groups in total. The maximum absolute atomic E-state index is 12.8. The first-order valence-corrected chi connectivity index (χ1v) is 10.4. The van der Waals surface area contributed by atoms with Gasteiger partial charge in [0.15, 0.2) is 5.82 Å². The molecule has 0 aliphatic carbocycles. The van der Waals surface area contributed by atoms with Gasteiger partial charge in [0, 0.05) is 24.7 Å². The Morgan fingerprint density at radius 2 is 1.87 bits per heavy atom. The molecule has 0 saturated carbocycles. The van der Waals surface area contributed by atoms with Gasteiger partial charge in [0.1, 0.15) is 5.69 Å². The summed E-state index contributed by atoms with van der Waals surface area (Å²) in [5, 5.41) is 13.2. The lowest BCUT2D eigenvalue weighted by Crippen LogP contribution is -2.38. The molecule has 3 aromatic rings. The Labute approximate surface area is 175 Å². The van der Waals surface area contributed by atoms with Crippen LogP contribution in [0.3, 0.4) is 0 Å². The summed E-state index contributed by atoms with van der Waals surface area (Å²) in [6, 6.07) is 12.5. The normalized spacial score (nSPS) is 15.2. The van der Waals surface area contributed by atoms with Crippen molar-refractivity contribution < 1.29 is 18.0 Å². The van der Waals surface area contributed by atoms with Crippen molar-refractivity contribution in [1.29, 1.82) is 0 Å². The third-order valence-electron chi connectivity index (χ3n) is 5.07. The van der Waals surface area contributed by atoms with Crippen molar-refractivity contribution in [2.24, 2.45) is 5.92 Å². The Balaban J connectivity index is 1.33. The predicted molar refractivity (Wildman–Crippen MR) is 110 cm³/mol. The van der Waals surface area contributed by atoms with Crippen molar-refractivity contribution in [3.05, 3.63) is 59.5 Å². The monoisotopic (exact) mass is 432 g/mol. The molecule has 0 spiro atoms. The molecule has 1 saturated heterocycles. The second kappa shape index (κ2) is 8.43. The van der Waals surface area contributed by atoms with Gasteiger partial charge in [0.05, 0.1) is 10.4 Å². The molecule has 156 valence electrons. The second-order valence-electron chi connectivity index (χ2n) is 7.08. The average Bonchev–Trinajstić information content (AvgIpc) is 3.28. The number of amides is 1. The maximum Gasteiger partial charge on any atom is 0.416 e. The van der Waals surface area contributed by atoms with Gasteiger partial charge in [-0.25, -0.2) is 0 Å². The number of aromatic nitrogens is 2. The highest BCUT2D eigenvalue weighted by Gasteiger charge is 2.31. The minimum atomic E-state index is -4.44. The molecule has 30 heavy (non-hydrogen) atoms. The van der Waals surface area contributed by atoms with Crippen molar-refractivity contribution >= 4 is 28.7 Å². The van der Waals surface area contributed by atoms with E-state index in [0.717, 1.165) is 28.5 Å². The molecule has 0 radical (unpaired) electrons. The fraction of sp³-hybridized carbons (Fsp3) is 0.286. The summed E-state index contributed by atoms with van der Waals surface area (Å²) in [5.41, 5.74) is 0.205. The number of nitrogens with one attached hydrogen (secondary N) is 1. The van der Waals surface area contributed by atoms with Gasteiger partial charge >= 0.3 is 6.18 Å². The highest BCUT2D eigenvalue weighted by molar-refractivity contribution is 7.13. The smallest absolute Gasteiger partial charge is 0.355 e. The number of hydrogen-bond donors (Lipinski definition) is 1. The number of thiophene rings is 1. The topological polar surface area (TPSA) is 58.1 Å². The summed E-state index contributed by atoms with van der Waals surface area (Å²) in [6.07, 6.45) is -3.25. The maximum atomic E-state index is 12.8. The zero-order valence-corrected chi connectivity index (χ0v) is 16.7. The van der Waals surface area contributed by atoms with Gasteiger partial charge in [-0.15, -0.1) is 21.5 Å². The summed E-state index contributed by atoms with van der Waals surface area (Å²) in [6.45, 7) is 1.27. The van der Waals surface area contributed by atoms with Crippen molar-refractivity contribution in [2.75, 3.05) is 23.3 Å². The van der Waals surface area contributed by atoms with E-state index in [1.54, 1.807) is 11.3 Å². The van der Waals surface area contributed by atoms with E-state index in [2.05, 4.69) is 20.4 Å². The fourth-order valence-corrected chi connectivity index (χ4v) is 4.13. The van der Waals surface area contributed by atoms with Crippen LogP contribution in [0, 0.1) is 5.92 Å². The van der Waals surface area contributed by atoms with Crippen LogP contribution >= 0.6 is 11.3 Å². The molecule has 0 unspecified atom stereocenters. The van der Waals surface area contributed by atoms with E-state index in [-0.39, 0.29) is 17.5 Å². The Morgan fingerprint density at radius 1 is 1.07 bits per heavy atom. The molecule has 2 aromatic heterocycles. The van der Waals surface area contributed by atoms with E-state index in [9.17, 15) is 18.0 Å². The first kappa shape index (κ1) is 20.3. The van der Waals surface area contributed by atoms with Crippen molar-refractivity contribution in [1.82, 2.24) is 10.2 Å². The Hall–Kier alpha value is -2.94. The lowest BCUT2D eigenvalue weighted by Gasteiger charge is -2.31. The lowest BCUT2D eigenvalue weighted by atomic mass is 9.95. The largest absolute Gasteiger partial charge is 0.416 e. The lowest BCUT2D eigenvalue weighted by molar-refractivity contribution is -0.137. The fourth-order valence-electron chi connectivity index (χ4n) is 3.44. The van der Waals surface area contributed by atoms with Crippen LogP contribution in [0.25, 0.3) is 10.6 Å². The summed E-state index contributed by atoms with van der Waals surface area (Å²) >= 11 is 1.60. The number of nitrogens with zero attached hydrogens (tertiary/aromatic N) is 3. The number of anilines is 2. The minimum Gasteiger partial charge on any atom is -0.355 e. The van der Waals surface area contributed by atoms with Crippen LogP contribution in [0.15, 0.2) is 53.9 Å². The SMILES string of the molecule is O=C(Nc1cccc(C(F)(F)F)c1)C1CCN(c2ccc(-c3cccs3)nn2)CC1. The van der Waals surface area contributed by atoms with Gasteiger partial charge in [-0.3, -0.25) is 4.79 Å². The van der Waals surface area contributed by atoms with E-state index < -0.39 is 11.7 Å². The van der Waals surface area contributed by atoms with E-state index >= 15 is 0 Å². The average molecular weight is 432 g/mol. The molecule has 1 aliphatic heterocycles. The highest BCUT2D eigenvalue weighted by Crippen LogP contribution is 2.31.